The average molecular weight is 401 g/mol. The van der Waals surface area contributed by atoms with Gasteiger partial charge < -0.3 is 34.5 Å². The molecule has 0 aromatic heterocycles. The minimum atomic E-state index is -1.50. The molecule has 154 valence electrons. The average Bonchev–Trinajstić information content (AvgIpc) is 2.77. The Kier molecular flexibility index (Phi) is 7.31. The highest BCUT2D eigenvalue weighted by atomic mass is 16.7. The Hall–Kier alpha value is -2.78. The molecule has 1 unspecified atom stereocenters. The van der Waals surface area contributed by atoms with Crippen LogP contribution in [0.2, 0.25) is 0 Å². The van der Waals surface area contributed by atoms with E-state index in [1.807, 2.05) is 24.3 Å². The standard InChI is InChI=1S/C21H23NO7/c23-11-16(22-21(26)28-12-14-7-3-1-4-8-14)18(25)19-17(24)13-27-20(29-19)15-9-5-2-6-10-15/h1-11,16-20,24-25H,12-13H2,(H,22,26)/t16-,17+,18+,19+,20?/m0/s1. The number of alkyl carbamates (subject to hydrolysis) is 1. The summed E-state index contributed by atoms with van der Waals surface area (Å²) in [5.74, 6) is 0. The lowest BCUT2D eigenvalue weighted by molar-refractivity contribution is -0.276. The molecule has 1 aliphatic rings. The number of aliphatic hydroxyl groups is 2. The number of benzene rings is 2. The summed E-state index contributed by atoms with van der Waals surface area (Å²) in [5.41, 5.74) is 1.48. The first-order valence-electron chi connectivity index (χ1n) is 9.19. The van der Waals surface area contributed by atoms with Gasteiger partial charge in [-0.15, -0.1) is 0 Å². The second-order valence-corrected chi connectivity index (χ2v) is 6.60. The van der Waals surface area contributed by atoms with Crippen molar-refractivity contribution >= 4 is 12.4 Å². The number of nitrogens with one attached hydrogen (secondary N) is 1. The summed E-state index contributed by atoms with van der Waals surface area (Å²) in [7, 11) is 0. The molecule has 0 aliphatic carbocycles. The molecule has 29 heavy (non-hydrogen) atoms. The summed E-state index contributed by atoms with van der Waals surface area (Å²) < 4.78 is 16.2. The molecule has 1 aliphatic heterocycles. The lowest BCUT2D eigenvalue weighted by Crippen LogP contribution is -2.56. The molecule has 0 spiro atoms. The molecular formula is C21H23NO7. The van der Waals surface area contributed by atoms with E-state index < -0.39 is 36.7 Å². The molecule has 5 atom stereocenters. The first-order chi connectivity index (χ1) is 14.1. The van der Waals surface area contributed by atoms with Crippen LogP contribution in [-0.2, 0) is 25.6 Å². The minimum Gasteiger partial charge on any atom is -0.445 e. The van der Waals surface area contributed by atoms with Gasteiger partial charge in [0, 0.05) is 5.56 Å². The van der Waals surface area contributed by atoms with Crippen LogP contribution in [-0.4, -0.2) is 53.6 Å². The maximum atomic E-state index is 12.0. The third-order valence-electron chi connectivity index (χ3n) is 4.50. The maximum absolute atomic E-state index is 12.0. The van der Waals surface area contributed by atoms with Crippen molar-refractivity contribution in [2.45, 2.75) is 37.3 Å². The largest absolute Gasteiger partial charge is 0.445 e. The number of aliphatic hydroxyl groups excluding tert-OH is 2. The van der Waals surface area contributed by atoms with E-state index in [9.17, 15) is 19.8 Å². The highest BCUT2D eigenvalue weighted by Crippen LogP contribution is 2.28. The summed E-state index contributed by atoms with van der Waals surface area (Å²) in [6.07, 6.45) is -5.12. The first kappa shape index (κ1) is 20.9. The van der Waals surface area contributed by atoms with Gasteiger partial charge in [0.2, 0.25) is 0 Å². The van der Waals surface area contributed by atoms with Crippen molar-refractivity contribution in [2.24, 2.45) is 0 Å². The van der Waals surface area contributed by atoms with Crippen LogP contribution in [0.25, 0.3) is 0 Å². The van der Waals surface area contributed by atoms with E-state index >= 15 is 0 Å². The second-order valence-electron chi connectivity index (χ2n) is 6.60. The maximum Gasteiger partial charge on any atom is 0.408 e. The highest BCUT2D eigenvalue weighted by molar-refractivity contribution is 5.73. The van der Waals surface area contributed by atoms with Crippen LogP contribution in [0.4, 0.5) is 4.79 Å². The van der Waals surface area contributed by atoms with Gasteiger partial charge in [-0.2, -0.15) is 0 Å². The molecule has 1 heterocycles. The molecule has 1 fully saturated rings. The molecule has 1 amide bonds. The molecule has 2 aromatic rings. The van der Waals surface area contributed by atoms with Crippen LogP contribution >= 0.6 is 0 Å². The Labute approximate surface area is 168 Å². The van der Waals surface area contributed by atoms with E-state index in [1.54, 1.807) is 36.4 Å². The number of hydrogen-bond acceptors (Lipinski definition) is 7. The number of carbonyl (C=O) groups excluding carboxylic acids is 2. The minimum absolute atomic E-state index is 0.0147. The zero-order valence-corrected chi connectivity index (χ0v) is 15.6. The number of rotatable bonds is 7. The summed E-state index contributed by atoms with van der Waals surface area (Å²) in [6.45, 7) is -0.0772. The van der Waals surface area contributed by atoms with Crippen molar-refractivity contribution in [3.63, 3.8) is 0 Å². The van der Waals surface area contributed by atoms with Crippen molar-refractivity contribution in [3.05, 3.63) is 71.8 Å². The van der Waals surface area contributed by atoms with Crippen molar-refractivity contribution in [1.82, 2.24) is 5.32 Å². The van der Waals surface area contributed by atoms with Gasteiger partial charge in [-0.1, -0.05) is 60.7 Å². The quantitative estimate of drug-likeness (QED) is 0.600. The Balaban J connectivity index is 1.59. The number of amides is 1. The summed E-state index contributed by atoms with van der Waals surface area (Å²) in [6, 6.07) is 16.7. The van der Waals surface area contributed by atoms with Gasteiger partial charge in [-0.25, -0.2) is 4.79 Å². The van der Waals surface area contributed by atoms with Gasteiger partial charge in [0.05, 0.1) is 6.61 Å². The fourth-order valence-electron chi connectivity index (χ4n) is 2.95. The normalized spacial score (nSPS) is 23.6. The summed E-state index contributed by atoms with van der Waals surface area (Å²) in [4.78, 5) is 23.5. The Morgan fingerprint density at radius 3 is 2.48 bits per heavy atom. The Morgan fingerprint density at radius 2 is 1.83 bits per heavy atom. The lowest BCUT2D eigenvalue weighted by atomic mass is 10.0. The van der Waals surface area contributed by atoms with Crippen LogP contribution in [0.1, 0.15) is 17.4 Å². The first-order valence-corrected chi connectivity index (χ1v) is 9.19. The molecule has 2 aromatic carbocycles. The van der Waals surface area contributed by atoms with Crippen LogP contribution < -0.4 is 5.32 Å². The van der Waals surface area contributed by atoms with Crippen molar-refractivity contribution < 1.29 is 34.0 Å². The van der Waals surface area contributed by atoms with Crippen molar-refractivity contribution in [3.8, 4) is 0 Å². The molecule has 8 nitrogen and oxygen atoms in total. The molecule has 3 rings (SSSR count). The molecule has 0 bridgehead atoms. The molecule has 1 saturated heterocycles. The number of aldehydes is 1. The highest BCUT2D eigenvalue weighted by Gasteiger charge is 2.40. The van der Waals surface area contributed by atoms with E-state index in [1.165, 1.54) is 0 Å². The van der Waals surface area contributed by atoms with Gasteiger partial charge in [-0.3, -0.25) is 0 Å². The zero-order valence-electron chi connectivity index (χ0n) is 15.6. The Bertz CT molecular complexity index is 786. The third kappa shape index (κ3) is 5.61. The predicted octanol–water partition coefficient (Wildman–Crippen LogP) is 1.32. The number of ether oxygens (including phenoxy) is 3. The van der Waals surface area contributed by atoms with Crippen LogP contribution in [0, 0.1) is 0 Å². The van der Waals surface area contributed by atoms with Crippen LogP contribution in [0.3, 0.4) is 0 Å². The van der Waals surface area contributed by atoms with Gasteiger partial charge in [0.1, 0.15) is 37.2 Å². The SMILES string of the molecule is O=C[C@H](NC(=O)OCc1ccccc1)[C@@H](O)[C@@H]1OC(c2ccccc2)OC[C@H]1O. The van der Waals surface area contributed by atoms with E-state index in [0.717, 1.165) is 5.56 Å². The van der Waals surface area contributed by atoms with Gasteiger partial charge in [-0.05, 0) is 5.56 Å². The van der Waals surface area contributed by atoms with Crippen LogP contribution in [0.5, 0.6) is 0 Å². The smallest absolute Gasteiger partial charge is 0.408 e. The van der Waals surface area contributed by atoms with E-state index in [2.05, 4.69) is 5.32 Å². The van der Waals surface area contributed by atoms with E-state index in [-0.39, 0.29) is 13.2 Å². The van der Waals surface area contributed by atoms with Gasteiger partial charge >= 0.3 is 6.09 Å². The monoisotopic (exact) mass is 401 g/mol. The second kappa shape index (κ2) is 10.1. The van der Waals surface area contributed by atoms with Crippen molar-refractivity contribution in [2.75, 3.05) is 6.61 Å². The predicted molar refractivity (Wildman–Crippen MR) is 102 cm³/mol. The fraction of sp³-hybridized carbons (Fsp3) is 0.333. The number of carbonyl (C=O) groups is 2. The molecule has 8 heteroatoms. The molecular weight excluding hydrogens is 378 g/mol. The van der Waals surface area contributed by atoms with Crippen LogP contribution in [0.15, 0.2) is 60.7 Å². The topological polar surface area (TPSA) is 114 Å². The zero-order chi connectivity index (χ0) is 20.6. The summed E-state index contributed by atoms with van der Waals surface area (Å²) >= 11 is 0. The third-order valence-corrected chi connectivity index (χ3v) is 4.50. The Morgan fingerprint density at radius 1 is 1.17 bits per heavy atom. The summed E-state index contributed by atoms with van der Waals surface area (Å²) in [5, 5.41) is 23.0. The van der Waals surface area contributed by atoms with Crippen molar-refractivity contribution in [1.29, 1.82) is 0 Å². The van der Waals surface area contributed by atoms with Gasteiger partial charge in [0.25, 0.3) is 0 Å². The van der Waals surface area contributed by atoms with E-state index in [4.69, 9.17) is 14.2 Å². The van der Waals surface area contributed by atoms with E-state index in [0.29, 0.717) is 11.8 Å². The lowest BCUT2D eigenvalue weighted by Gasteiger charge is -2.37. The molecule has 0 saturated carbocycles. The molecule has 3 N–H and O–H groups in total. The molecule has 0 radical (unpaired) electrons. The van der Waals surface area contributed by atoms with Gasteiger partial charge in [0.15, 0.2) is 6.29 Å². The fourth-order valence-corrected chi connectivity index (χ4v) is 2.95. The number of hydrogen-bond donors (Lipinski definition) is 3.